The normalized spacial score (nSPS) is 11.1. The standard InChI is InChI=1S/C8H12N4O/c1-13-7-5-3-2-4-6(7)11-8(9)12-10/h2-5H,10H2,1H3,(H3,9,11,12). The molecule has 5 heteroatoms. The van der Waals surface area contributed by atoms with E-state index in [4.69, 9.17) is 16.3 Å². The first-order valence-electron chi connectivity index (χ1n) is 3.71. The zero-order valence-corrected chi connectivity index (χ0v) is 7.32. The Kier molecular flexibility index (Phi) is 3.10. The first kappa shape index (κ1) is 9.34. The fourth-order valence-electron chi connectivity index (χ4n) is 0.884. The first-order chi connectivity index (χ1) is 6.27. The molecule has 5 nitrogen and oxygen atoms in total. The summed E-state index contributed by atoms with van der Waals surface area (Å²) in [6, 6.07) is 7.26. The lowest BCUT2D eigenvalue weighted by Crippen LogP contribution is -2.36. The Morgan fingerprint density at radius 1 is 1.46 bits per heavy atom. The second kappa shape index (κ2) is 4.32. The Labute approximate surface area is 76.4 Å². The first-order valence-corrected chi connectivity index (χ1v) is 3.71. The number of nitrogens with two attached hydrogens (primary N) is 2. The van der Waals surface area contributed by atoms with Gasteiger partial charge in [0.25, 0.3) is 0 Å². The molecular formula is C8H12N4O. The minimum atomic E-state index is 0.143. The monoisotopic (exact) mass is 180 g/mol. The zero-order chi connectivity index (χ0) is 9.68. The maximum absolute atomic E-state index is 5.39. The van der Waals surface area contributed by atoms with Gasteiger partial charge in [-0.15, -0.1) is 0 Å². The van der Waals surface area contributed by atoms with Crippen LogP contribution in [0, 0.1) is 0 Å². The van der Waals surface area contributed by atoms with E-state index in [9.17, 15) is 0 Å². The highest BCUT2D eigenvalue weighted by molar-refractivity contribution is 5.81. The maximum atomic E-state index is 5.39. The molecule has 0 aromatic heterocycles. The van der Waals surface area contributed by atoms with Crippen LogP contribution in [0.4, 0.5) is 5.69 Å². The van der Waals surface area contributed by atoms with Crippen molar-refractivity contribution in [3.8, 4) is 5.75 Å². The van der Waals surface area contributed by atoms with E-state index in [1.807, 2.05) is 12.1 Å². The van der Waals surface area contributed by atoms with Crippen LogP contribution in [0.5, 0.6) is 5.75 Å². The molecular weight excluding hydrogens is 168 g/mol. The molecule has 0 fully saturated rings. The maximum Gasteiger partial charge on any atom is 0.208 e. The quantitative estimate of drug-likeness (QED) is 0.261. The number of benzene rings is 1. The molecule has 0 amide bonds. The smallest absolute Gasteiger partial charge is 0.208 e. The number of nitrogens with one attached hydrogen (secondary N) is 1. The number of hydrazine groups is 1. The van der Waals surface area contributed by atoms with Gasteiger partial charge in [-0.25, -0.2) is 10.8 Å². The summed E-state index contributed by atoms with van der Waals surface area (Å²) in [6.45, 7) is 0. The van der Waals surface area contributed by atoms with Crippen LogP contribution in [0.25, 0.3) is 0 Å². The summed E-state index contributed by atoms with van der Waals surface area (Å²) in [6.07, 6.45) is 0. The summed E-state index contributed by atoms with van der Waals surface area (Å²) >= 11 is 0. The van der Waals surface area contributed by atoms with E-state index < -0.39 is 0 Å². The molecule has 0 saturated carbocycles. The molecule has 5 N–H and O–H groups in total. The Morgan fingerprint density at radius 2 is 2.15 bits per heavy atom. The number of para-hydroxylation sites is 2. The number of rotatable bonds is 2. The van der Waals surface area contributed by atoms with Crippen LogP contribution in [0.15, 0.2) is 29.3 Å². The molecule has 1 aromatic rings. The number of hydrogen-bond donors (Lipinski definition) is 3. The topological polar surface area (TPSA) is 85.7 Å². The molecule has 0 spiro atoms. The highest BCUT2D eigenvalue weighted by Crippen LogP contribution is 2.25. The Bertz CT molecular complexity index is 311. The summed E-state index contributed by atoms with van der Waals surface area (Å²) in [5, 5.41) is 0. The molecule has 0 atom stereocenters. The van der Waals surface area contributed by atoms with E-state index in [0.717, 1.165) is 0 Å². The van der Waals surface area contributed by atoms with Crippen molar-refractivity contribution < 1.29 is 4.74 Å². The van der Waals surface area contributed by atoms with Gasteiger partial charge in [0.05, 0.1) is 7.11 Å². The molecule has 0 saturated heterocycles. The van der Waals surface area contributed by atoms with E-state index >= 15 is 0 Å². The van der Waals surface area contributed by atoms with Crippen molar-refractivity contribution in [2.24, 2.45) is 16.6 Å². The summed E-state index contributed by atoms with van der Waals surface area (Å²) in [7, 11) is 1.57. The largest absolute Gasteiger partial charge is 0.494 e. The molecule has 1 rings (SSSR count). The Balaban J connectivity index is 2.99. The number of aliphatic imine (C=N–C) groups is 1. The highest BCUT2D eigenvalue weighted by atomic mass is 16.5. The van der Waals surface area contributed by atoms with E-state index in [0.29, 0.717) is 11.4 Å². The van der Waals surface area contributed by atoms with Crippen molar-refractivity contribution in [2.45, 2.75) is 0 Å². The van der Waals surface area contributed by atoms with Crippen molar-refractivity contribution >= 4 is 11.6 Å². The third-order valence-corrected chi connectivity index (χ3v) is 1.47. The van der Waals surface area contributed by atoms with Crippen LogP contribution in [0.3, 0.4) is 0 Å². The highest BCUT2D eigenvalue weighted by Gasteiger charge is 1.99. The predicted octanol–water partition coefficient (Wildman–Crippen LogP) is 0.105. The average Bonchev–Trinajstić information content (AvgIpc) is 2.18. The minimum absolute atomic E-state index is 0.143. The summed E-state index contributed by atoms with van der Waals surface area (Å²) < 4.78 is 5.06. The van der Waals surface area contributed by atoms with Crippen molar-refractivity contribution in [3.05, 3.63) is 24.3 Å². The third kappa shape index (κ3) is 2.34. The van der Waals surface area contributed by atoms with Gasteiger partial charge in [0.1, 0.15) is 11.4 Å². The van der Waals surface area contributed by atoms with E-state index in [1.54, 1.807) is 19.2 Å². The van der Waals surface area contributed by atoms with Crippen LogP contribution in [0.1, 0.15) is 0 Å². The van der Waals surface area contributed by atoms with Gasteiger partial charge in [0, 0.05) is 0 Å². The van der Waals surface area contributed by atoms with E-state index in [2.05, 4.69) is 10.4 Å². The van der Waals surface area contributed by atoms with Gasteiger partial charge in [-0.1, -0.05) is 12.1 Å². The molecule has 0 heterocycles. The van der Waals surface area contributed by atoms with Crippen molar-refractivity contribution in [1.29, 1.82) is 0 Å². The van der Waals surface area contributed by atoms with Crippen molar-refractivity contribution in [2.75, 3.05) is 7.11 Å². The van der Waals surface area contributed by atoms with Gasteiger partial charge in [-0.3, -0.25) is 5.43 Å². The van der Waals surface area contributed by atoms with Gasteiger partial charge < -0.3 is 10.5 Å². The molecule has 1 aromatic carbocycles. The fraction of sp³-hybridized carbons (Fsp3) is 0.125. The van der Waals surface area contributed by atoms with Crippen LogP contribution in [0.2, 0.25) is 0 Å². The van der Waals surface area contributed by atoms with Gasteiger partial charge in [0.15, 0.2) is 0 Å². The Morgan fingerprint density at radius 3 is 2.77 bits per heavy atom. The minimum Gasteiger partial charge on any atom is -0.494 e. The van der Waals surface area contributed by atoms with Crippen LogP contribution < -0.4 is 21.7 Å². The molecule has 0 unspecified atom stereocenters. The number of ether oxygens (including phenoxy) is 1. The van der Waals surface area contributed by atoms with Gasteiger partial charge >= 0.3 is 0 Å². The molecule has 0 aliphatic carbocycles. The van der Waals surface area contributed by atoms with Gasteiger partial charge in [0.2, 0.25) is 5.96 Å². The van der Waals surface area contributed by atoms with Gasteiger partial charge in [-0.05, 0) is 12.1 Å². The lowest BCUT2D eigenvalue weighted by molar-refractivity contribution is 0.416. The molecule has 0 bridgehead atoms. The van der Waals surface area contributed by atoms with Gasteiger partial charge in [-0.2, -0.15) is 0 Å². The lowest BCUT2D eigenvalue weighted by Gasteiger charge is -2.04. The molecule has 70 valence electrons. The van der Waals surface area contributed by atoms with Crippen molar-refractivity contribution in [1.82, 2.24) is 5.43 Å². The van der Waals surface area contributed by atoms with E-state index in [-0.39, 0.29) is 5.96 Å². The van der Waals surface area contributed by atoms with Crippen LogP contribution in [-0.2, 0) is 0 Å². The average molecular weight is 180 g/mol. The number of hydrogen-bond acceptors (Lipinski definition) is 3. The predicted molar refractivity (Wildman–Crippen MR) is 51.6 cm³/mol. The summed E-state index contributed by atoms with van der Waals surface area (Å²) in [5.74, 6) is 5.86. The van der Waals surface area contributed by atoms with Crippen molar-refractivity contribution in [3.63, 3.8) is 0 Å². The summed E-state index contributed by atoms with van der Waals surface area (Å²) in [4.78, 5) is 3.98. The summed E-state index contributed by atoms with van der Waals surface area (Å²) in [5.41, 5.74) is 8.26. The third-order valence-electron chi connectivity index (χ3n) is 1.47. The molecule has 13 heavy (non-hydrogen) atoms. The van der Waals surface area contributed by atoms with E-state index in [1.165, 1.54) is 0 Å². The van der Waals surface area contributed by atoms with Crippen LogP contribution >= 0.6 is 0 Å². The fourth-order valence-corrected chi connectivity index (χ4v) is 0.884. The second-order valence-electron chi connectivity index (χ2n) is 2.31. The molecule has 0 aliphatic heterocycles. The Hall–Kier alpha value is -1.75. The zero-order valence-electron chi connectivity index (χ0n) is 7.32. The van der Waals surface area contributed by atoms with Crippen LogP contribution in [-0.4, -0.2) is 13.1 Å². The number of nitrogens with zero attached hydrogens (tertiary/aromatic N) is 1. The number of methoxy groups -OCH3 is 1. The molecule has 0 aliphatic rings. The second-order valence-corrected chi connectivity index (χ2v) is 2.31. The molecule has 0 radical (unpaired) electrons. The lowest BCUT2D eigenvalue weighted by atomic mass is 10.3. The number of guanidine groups is 1. The SMILES string of the molecule is COc1ccccc1N=C(N)NN.